The molecule has 0 spiro atoms. The van der Waals surface area contributed by atoms with Crippen molar-refractivity contribution in [1.29, 1.82) is 0 Å². The summed E-state index contributed by atoms with van der Waals surface area (Å²) in [4.78, 5) is 0. The van der Waals surface area contributed by atoms with Gasteiger partial charge in [-0.3, -0.25) is 0 Å². The van der Waals surface area contributed by atoms with E-state index in [2.05, 4.69) is 166 Å². The van der Waals surface area contributed by atoms with E-state index in [1.807, 2.05) is 6.07 Å². The first kappa shape index (κ1) is 26.0. The summed E-state index contributed by atoms with van der Waals surface area (Å²) in [5.74, 6) is 1.89. The van der Waals surface area contributed by atoms with Gasteiger partial charge in [0.05, 0.1) is 5.41 Å². The topological polar surface area (TPSA) is 9.23 Å². The van der Waals surface area contributed by atoms with Crippen molar-refractivity contribution >= 4 is 10.8 Å². The number of hydrogen-bond donors (Lipinski definition) is 0. The monoisotopic (exact) mass is 576 g/mol. The Labute approximate surface area is 264 Å². The Bertz CT molecular complexity index is 2260. The highest BCUT2D eigenvalue weighted by atomic mass is 16.5. The first-order valence-electron chi connectivity index (χ1n) is 15.8. The second-order valence-corrected chi connectivity index (χ2v) is 12.9. The Morgan fingerprint density at radius 1 is 0.444 bits per heavy atom. The summed E-state index contributed by atoms with van der Waals surface area (Å²) < 4.78 is 6.35. The molecule has 45 heavy (non-hydrogen) atoms. The summed E-state index contributed by atoms with van der Waals surface area (Å²) >= 11 is 0. The summed E-state index contributed by atoms with van der Waals surface area (Å²) in [5, 5.41) is 2.57. The smallest absolute Gasteiger partial charge is 0.131 e. The fourth-order valence-electron chi connectivity index (χ4n) is 8.07. The van der Waals surface area contributed by atoms with Crippen LogP contribution in [0.3, 0.4) is 0 Å². The molecule has 0 radical (unpaired) electrons. The molecule has 1 atom stereocenters. The van der Waals surface area contributed by atoms with Crippen LogP contribution in [0.15, 0.2) is 158 Å². The van der Waals surface area contributed by atoms with E-state index in [-0.39, 0.29) is 5.41 Å². The maximum Gasteiger partial charge on any atom is 0.131 e. The van der Waals surface area contributed by atoms with Gasteiger partial charge in [0.15, 0.2) is 0 Å². The number of rotatable bonds is 3. The van der Waals surface area contributed by atoms with E-state index in [0.717, 1.165) is 11.5 Å². The van der Waals surface area contributed by atoms with Crippen LogP contribution in [-0.2, 0) is 10.8 Å². The number of fused-ring (bicyclic) bond motifs is 7. The first-order valence-corrected chi connectivity index (χ1v) is 15.8. The summed E-state index contributed by atoms with van der Waals surface area (Å²) in [7, 11) is 0. The molecule has 214 valence electrons. The van der Waals surface area contributed by atoms with Gasteiger partial charge >= 0.3 is 0 Å². The number of benzene rings is 7. The lowest BCUT2D eigenvalue weighted by molar-refractivity contribution is 0.418. The van der Waals surface area contributed by atoms with Crippen molar-refractivity contribution in [2.45, 2.75) is 24.7 Å². The van der Waals surface area contributed by atoms with E-state index in [1.165, 1.54) is 66.4 Å². The Morgan fingerprint density at radius 3 is 1.93 bits per heavy atom. The van der Waals surface area contributed by atoms with Gasteiger partial charge in [0.25, 0.3) is 0 Å². The SMILES string of the molecule is CC1(C)c2ccccc2Oc2ccc(-c3ccc(C4(c5ccccc5)c5ccccc5-c5ccc6ccccc6c54)cc3)cc21. The third-order valence-corrected chi connectivity index (χ3v) is 10.2. The van der Waals surface area contributed by atoms with Gasteiger partial charge in [-0.05, 0) is 73.5 Å². The van der Waals surface area contributed by atoms with Crippen LogP contribution in [0.25, 0.3) is 33.0 Å². The van der Waals surface area contributed by atoms with Crippen LogP contribution in [0.5, 0.6) is 11.5 Å². The average molecular weight is 577 g/mol. The van der Waals surface area contributed by atoms with Gasteiger partial charge in [0.2, 0.25) is 0 Å². The van der Waals surface area contributed by atoms with Crippen molar-refractivity contribution in [1.82, 2.24) is 0 Å². The summed E-state index contributed by atoms with van der Waals surface area (Å²) in [5.41, 5.74) is 12.1. The van der Waals surface area contributed by atoms with Gasteiger partial charge < -0.3 is 4.74 Å². The second-order valence-electron chi connectivity index (χ2n) is 12.9. The van der Waals surface area contributed by atoms with Crippen molar-refractivity contribution in [2.24, 2.45) is 0 Å². The minimum absolute atomic E-state index is 0.157. The molecular weight excluding hydrogens is 544 g/mol. The Balaban J connectivity index is 1.24. The lowest BCUT2D eigenvalue weighted by Crippen LogP contribution is -2.28. The molecule has 1 aliphatic carbocycles. The molecule has 0 amide bonds. The Hall–Kier alpha value is -5.40. The zero-order chi connectivity index (χ0) is 30.2. The highest BCUT2D eigenvalue weighted by Gasteiger charge is 2.47. The van der Waals surface area contributed by atoms with E-state index in [9.17, 15) is 0 Å². The van der Waals surface area contributed by atoms with Gasteiger partial charge in [0, 0.05) is 16.5 Å². The average Bonchev–Trinajstić information content (AvgIpc) is 3.40. The Kier molecular flexibility index (Phi) is 5.53. The van der Waals surface area contributed by atoms with Crippen molar-refractivity contribution in [3.8, 4) is 33.8 Å². The van der Waals surface area contributed by atoms with E-state index in [1.54, 1.807) is 0 Å². The van der Waals surface area contributed by atoms with Gasteiger partial charge in [-0.15, -0.1) is 0 Å². The van der Waals surface area contributed by atoms with E-state index >= 15 is 0 Å². The molecule has 7 aromatic carbocycles. The van der Waals surface area contributed by atoms with E-state index < -0.39 is 5.41 Å². The van der Waals surface area contributed by atoms with Crippen molar-refractivity contribution in [2.75, 3.05) is 0 Å². The number of ether oxygens (including phenoxy) is 1. The van der Waals surface area contributed by atoms with Crippen LogP contribution in [0.4, 0.5) is 0 Å². The molecule has 1 heteroatoms. The lowest BCUT2D eigenvalue weighted by atomic mass is 9.66. The largest absolute Gasteiger partial charge is 0.457 e. The number of hydrogen-bond acceptors (Lipinski definition) is 1. The van der Waals surface area contributed by atoms with Crippen LogP contribution in [0.1, 0.15) is 47.2 Å². The molecule has 1 aliphatic heterocycles. The molecule has 2 aliphatic rings. The molecule has 1 heterocycles. The predicted molar refractivity (Wildman–Crippen MR) is 185 cm³/mol. The third-order valence-electron chi connectivity index (χ3n) is 10.2. The molecule has 0 bridgehead atoms. The minimum Gasteiger partial charge on any atom is -0.457 e. The quantitative estimate of drug-likeness (QED) is 0.203. The maximum absolute atomic E-state index is 6.35. The van der Waals surface area contributed by atoms with Crippen LogP contribution >= 0.6 is 0 Å². The fourth-order valence-corrected chi connectivity index (χ4v) is 8.07. The summed E-state index contributed by atoms with van der Waals surface area (Å²) in [6.07, 6.45) is 0. The normalized spacial score (nSPS) is 17.1. The van der Waals surface area contributed by atoms with Crippen molar-refractivity contribution < 1.29 is 4.74 Å². The standard InChI is InChI=1S/C44H32O/c1-43(2)38-18-10-11-19-40(38)45-41-27-23-31(28-39(41)43)29-20-24-33(25-21-29)44(32-13-4-3-5-14-32)37-17-9-8-16-35(37)36-26-22-30-12-6-7-15-34(30)42(36)44/h3-28H,1-2H3. The van der Waals surface area contributed by atoms with Gasteiger partial charge in [-0.25, -0.2) is 0 Å². The van der Waals surface area contributed by atoms with Gasteiger partial charge in [-0.1, -0.05) is 153 Å². The molecule has 0 fully saturated rings. The minimum atomic E-state index is -0.442. The zero-order valence-electron chi connectivity index (χ0n) is 25.4. The Morgan fingerprint density at radius 2 is 1.09 bits per heavy atom. The van der Waals surface area contributed by atoms with Crippen LogP contribution in [-0.4, -0.2) is 0 Å². The van der Waals surface area contributed by atoms with Gasteiger partial charge in [0.1, 0.15) is 11.5 Å². The summed E-state index contributed by atoms with van der Waals surface area (Å²) in [6, 6.07) is 57.8. The van der Waals surface area contributed by atoms with Crippen LogP contribution in [0.2, 0.25) is 0 Å². The lowest BCUT2D eigenvalue weighted by Gasteiger charge is -2.35. The molecule has 0 N–H and O–H groups in total. The fraction of sp³-hybridized carbons (Fsp3) is 0.0909. The predicted octanol–water partition coefficient (Wildman–Crippen LogP) is 11.3. The van der Waals surface area contributed by atoms with Crippen LogP contribution in [0, 0.1) is 0 Å². The zero-order valence-corrected chi connectivity index (χ0v) is 25.4. The number of para-hydroxylation sites is 1. The van der Waals surface area contributed by atoms with Gasteiger partial charge in [-0.2, -0.15) is 0 Å². The molecule has 0 aromatic heterocycles. The highest BCUT2D eigenvalue weighted by Crippen LogP contribution is 2.58. The van der Waals surface area contributed by atoms with E-state index in [4.69, 9.17) is 4.74 Å². The molecule has 0 saturated carbocycles. The summed E-state index contributed by atoms with van der Waals surface area (Å²) in [6.45, 7) is 4.59. The molecule has 0 saturated heterocycles. The second kappa shape index (κ2) is 9.55. The maximum atomic E-state index is 6.35. The molecule has 7 aromatic rings. The molecular formula is C44H32O. The van der Waals surface area contributed by atoms with Crippen LogP contribution < -0.4 is 4.74 Å². The molecule has 1 unspecified atom stereocenters. The first-order chi connectivity index (χ1) is 22.1. The van der Waals surface area contributed by atoms with Crippen molar-refractivity contribution in [3.05, 3.63) is 191 Å². The highest BCUT2D eigenvalue weighted by molar-refractivity contribution is 6.00. The molecule has 1 nitrogen and oxygen atoms in total. The third kappa shape index (κ3) is 3.61. The van der Waals surface area contributed by atoms with E-state index in [0.29, 0.717) is 0 Å². The van der Waals surface area contributed by atoms with Crippen molar-refractivity contribution in [3.63, 3.8) is 0 Å². The molecule has 9 rings (SSSR count).